The van der Waals surface area contributed by atoms with Crippen molar-refractivity contribution in [1.29, 1.82) is 0 Å². The molecule has 0 spiro atoms. The Hall–Kier alpha value is -4.54. The Bertz CT molecular complexity index is 1220. The molecule has 0 bridgehead atoms. The molecular weight excluding hydrogens is 506 g/mol. The third kappa shape index (κ3) is 9.37. The molecule has 0 fully saturated rings. The molecule has 2 rings (SSSR count). The van der Waals surface area contributed by atoms with Crippen LogP contribution in [0.25, 0.3) is 6.08 Å². The predicted molar refractivity (Wildman–Crippen MR) is 146 cm³/mol. The molecule has 3 amide bonds. The standard InChI is InChI=1S/C28H35N3O8/c1-5-18(6-2)27(37)30-20-14-19(9-11-23(20)39-15-25(35)36)29-28(38)26(16(3)4)31-24(34)12-8-17-7-10-21(32)22(33)13-17/h7-14,16,18,26,32-33H,5-6,15H2,1-4H3,(H,29,38)(H,30,37)(H,31,34)(H,35,36)/b12-8+/t26-/m1/s1. The molecule has 0 aliphatic carbocycles. The lowest BCUT2D eigenvalue weighted by Gasteiger charge is -2.22. The highest BCUT2D eigenvalue weighted by atomic mass is 16.5. The van der Waals surface area contributed by atoms with Gasteiger partial charge in [0.05, 0.1) is 5.69 Å². The summed E-state index contributed by atoms with van der Waals surface area (Å²) < 4.78 is 5.30. The summed E-state index contributed by atoms with van der Waals surface area (Å²) in [6.07, 6.45) is 3.85. The molecule has 0 aliphatic rings. The summed E-state index contributed by atoms with van der Waals surface area (Å²) in [4.78, 5) is 49.2. The lowest BCUT2D eigenvalue weighted by molar-refractivity contribution is -0.139. The van der Waals surface area contributed by atoms with E-state index < -0.39 is 30.4 Å². The third-order valence-corrected chi connectivity index (χ3v) is 5.89. The average Bonchev–Trinajstić information content (AvgIpc) is 2.87. The smallest absolute Gasteiger partial charge is 0.341 e. The molecule has 0 heterocycles. The van der Waals surface area contributed by atoms with Crippen LogP contribution in [0.4, 0.5) is 11.4 Å². The minimum absolute atomic E-state index is 0.133. The van der Waals surface area contributed by atoms with Gasteiger partial charge in [0.2, 0.25) is 17.7 Å². The number of carboxylic acids is 1. The van der Waals surface area contributed by atoms with Crippen molar-refractivity contribution in [3.63, 3.8) is 0 Å². The maximum Gasteiger partial charge on any atom is 0.341 e. The second kappa shape index (κ2) is 14.4. The van der Waals surface area contributed by atoms with Crippen LogP contribution in [-0.2, 0) is 19.2 Å². The molecule has 0 saturated carbocycles. The van der Waals surface area contributed by atoms with Crippen LogP contribution in [0.3, 0.4) is 0 Å². The SMILES string of the molecule is CCC(CC)C(=O)Nc1cc(NC(=O)[C@H](NC(=O)/C=C/c2ccc(O)c(O)c2)C(C)C)ccc1OCC(=O)O. The van der Waals surface area contributed by atoms with Gasteiger partial charge in [-0.05, 0) is 60.7 Å². The topological polar surface area (TPSA) is 174 Å². The van der Waals surface area contributed by atoms with E-state index in [2.05, 4.69) is 16.0 Å². The number of hydrogen-bond acceptors (Lipinski definition) is 7. The number of rotatable bonds is 13. The van der Waals surface area contributed by atoms with Crippen molar-refractivity contribution in [2.45, 2.75) is 46.6 Å². The van der Waals surface area contributed by atoms with Crippen molar-refractivity contribution in [3.05, 3.63) is 48.0 Å². The number of ether oxygens (including phenoxy) is 1. The van der Waals surface area contributed by atoms with E-state index >= 15 is 0 Å². The van der Waals surface area contributed by atoms with Gasteiger partial charge in [-0.1, -0.05) is 33.8 Å². The van der Waals surface area contributed by atoms with Crippen molar-refractivity contribution in [3.8, 4) is 17.2 Å². The Morgan fingerprint density at radius 3 is 2.21 bits per heavy atom. The first-order valence-corrected chi connectivity index (χ1v) is 12.6. The highest BCUT2D eigenvalue weighted by Crippen LogP contribution is 2.30. The first-order chi connectivity index (χ1) is 18.4. The van der Waals surface area contributed by atoms with Crippen molar-refractivity contribution in [2.24, 2.45) is 11.8 Å². The Morgan fingerprint density at radius 1 is 0.923 bits per heavy atom. The fourth-order valence-corrected chi connectivity index (χ4v) is 3.64. The van der Waals surface area contributed by atoms with Gasteiger partial charge in [-0.3, -0.25) is 14.4 Å². The van der Waals surface area contributed by atoms with Crippen LogP contribution in [0.5, 0.6) is 17.2 Å². The van der Waals surface area contributed by atoms with Crippen LogP contribution >= 0.6 is 0 Å². The number of phenolic OH excluding ortho intramolecular Hbond substituents is 2. The third-order valence-electron chi connectivity index (χ3n) is 5.89. The normalized spacial score (nSPS) is 11.8. The van der Waals surface area contributed by atoms with E-state index in [0.717, 1.165) is 0 Å². The van der Waals surface area contributed by atoms with Crippen LogP contribution in [0.1, 0.15) is 46.1 Å². The lowest BCUT2D eigenvalue weighted by Crippen LogP contribution is -2.46. The van der Waals surface area contributed by atoms with E-state index in [1.54, 1.807) is 13.8 Å². The zero-order valence-electron chi connectivity index (χ0n) is 22.4. The van der Waals surface area contributed by atoms with Crippen molar-refractivity contribution in [1.82, 2.24) is 5.32 Å². The van der Waals surface area contributed by atoms with Gasteiger partial charge in [0.15, 0.2) is 18.1 Å². The minimum Gasteiger partial charge on any atom is -0.504 e. The molecule has 2 aromatic carbocycles. The quantitative estimate of drug-likeness (QED) is 0.164. The molecule has 0 radical (unpaired) electrons. The predicted octanol–water partition coefficient (Wildman–Crippen LogP) is 3.73. The molecule has 0 saturated heterocycles. The zero-order valence-corrected chi connectivity index (χ0v) is 22.4. The molecule has 210 valence electrons. The molecule has 6 N–H and O–H groups in total. The molecule has 0 aromatic heterocycles. The summed E-state index contributed by atoms with van der Waals surface area (Å²) in [7, 11) is 0. The first-order valence-electron chi connectivity index (χ1n) is 12.6. The summed E-state index contributed by atoms with van der Waals surface area (Å²) >= 11 is 0. The molecule has 11 heteroatoms. The summed E-state index contributed by atoms with van der Waals surface area (Å²) in [6.45, 7) is 6.68. The molecule has 0 unspecified atom stereocenters. The number of aliphatic carboxylic acids is 1. The van der Waals surface area contributed by atoms with E-state index in [1.807, 2.05) is 13.8 Å². The van der Waals surface area contributed by atoms with Gasteiger partial charge < -0.3 is 36.0 Å². The fourth-order valence-electron chi connectivity index (χ4n) is 3.64. The number of amides is 3. The van der Waals surface area contributed by atoms with Gasteiger partial charge in [-0.25, -0.2) is 4.79 Å². The molecule has 11 nitrogen and oxygen atoms in total. The fraction of sp³-hybridized carbons (Fsp3) is 0.357. The van der Waals surface area contributed by atoms with Crippen molar-refractivity contribution >= 4 is 41.1 Å². The van der Waals surface area contributed by atoms with Gasteiger partial charge in [0, 0.05) is 17.7 Å². The van der Waals surface area contributed by atoms with E-state index in [4.69, 9.17) is 9.84 Å². The van der Waals surface area contributed by atoms with Gasteiger partial charge in [-0.2, -0.15) is 0 Å². The van der Waals surface area contributed by atoms with Gasteiger partial charge >= 0.3 is 5.97 Å². The number of aromatic hydroxyl groups is 2. The van der Waals surface area contributed by atoms with Crippen LogP contribution in [-0.4, -0.2) is 51.7 Å². The molecule has 0 aliphatic heterocycles. The van der Waals surface area contributed by atoms with Crippen molar-refractivity contribution < 1.29 is 39.2 Å². The Balaban J connectivity index is 2.19. The second-order valence-electron chi connectivity index (χ2n) is 9.20. The number of carbonyl (C=O) groups excluding carboxylic acids is 3. The lowest BCUT2D eigenvalue weighted by atomic mass is 10.0. The van der Waals surface area contributed by atoms with Gasteiger partial charge in [-0.15, -0.1) is 0 Å². The van der Waals surface area contributed by atoms with Crippen LogP contribution in [0, 0.1) is 11.8 Å². The summed E-state index contributed by atoms with van der Waals surface area (Å²) in [5.41, 5.74) is 0.980. The van der Waals surface area contributed by atoms with E-state index in [-0.39, 0.29) is 40.7 Å². The summed E-state index contributed by atoms with van der Waals surface area (Å²) in [6, 6.07) is 7.57. The number of nitrogens with one attached hydrogen (secondary N) is 3. The summed E-state index contributed by atoms with van der Waals surface area (Å²) in [5.74, 6) is -3.52. The second-order valence-corrected chi connectivity index (χ2v) is 9.20. The van der Waals surface area contributed by atoms with Gasteiger partial charge in [0.1, 0.15) is 11.8 Å². The monoisotopic (exact) mass is 541 g/mol. The minimum atomic E-state index is -1.18. The average molecular weight is 542 g/mol. The first kappa shape index (κ1) is 30.7. The Morgan fingerprint density at radius 2 is 1.62 bits per heavy atom. The van der Waals surface area contributed by atoms with Crippen LogP contribution < -0.4 is 20.7 Å². The zero-order chi connectivity index (χ0) is 29.1. The Labute approximate surface area is 226 Å². The molecule has 2 aromatic rings. The van der Waals surface area contributed by atoms with Crippen molar-refractivity contribution in [2.75, 3.05) is 17.2 Å². The van der Waals surface area contributed by atoms with Crippen LogP contribution in [0.15, 0.2) is 42.5 Å². The number of phenols is 2. The number of carbonyl (C=O) groups is 4. The van der Waals surface area contributed by atoms with E-state index in [9.17, 15) is 29.4 Å². The number of benzene rings is 2. The largest absolute Gasteiger partial charge is 0.504 e. The number of anilines is 2. The van der Waals surface area contributed by atoms with Crippen LogP contribution in [0.2, 0.25) is 0 Å². The maximum absolute atomic E-state index is 13.1. The number of hydrogen-bond donors (Lipinski definition) is 6. The highest BCUT2D eigenvalue weighted by molar-refractivity contribution is 6.01. The summed E-state index contributed by atoms with van der Waals surface area (Å²) in [5, 5.41) is 36.1. The molecule has 39 heavy (non-hydrogen) atoms. The van der Waals surface area contributed by atoms with Gasteiger partial charge in [0.25, 0.3) is 0 Å². The van der Waals surface area contributed by atoms with E-state index in [0.29, 0.717) is 24.1 Å². The highest BCUT2D eigenvalue weighted by Gasteiger charge is 2.24. The molecular formula is C28H35N3O8. The number of carboxylic acid groups (broad SMARTS) is 1. The molecule has 1 atom stereocenters. The maximum atomic E-state index is 13.1. The van der Waals surface area contributed by atoms with E-state index in [1.165, 1.54) is 48.6 Å². The Kier molecular flexibility index (Phi) is 11.3.